The van der Waals surface area contributed by atoms with Gasteiger partial charge in [0.2, 0.25) is 0 Å². The van der Waals surface area contributed by atoms with Gasteiger partial charge in [0.05, 0.1) is 0 Å². The van der Waals surface area contributed by atoms with Crippen LogP contribution < -0.4 is 5.73 Å². The first-order valence-corrected chi connectivity index (χ1v) is 3.05. The SMILES string of the molecule is N#Cc1c(N)[nH]c(Cl)c1C#N. The molecule has 5 heteroatoms. The van der Waals surface area contributed by atoms with Gasteiger partial charge in [-0.15, -0.1) is 0 Å². The normalized spacial score (nSPS) is 8.64. The Labute approximate surface area is 67.8 Å². The Morgan fingerprint density at radius 1 is 1.27 bits per heavy atom. The molecule has 0 radical (unpaired) electrons. The Morgan fingerprint density at radius 2 is 1.82 bits per heavy atom. The quantitative estimate of drug-likeness (QED) is 0.602. The van der Waals surface area contributed by atoms with Crippen LogP contribution in [0.5, 0.6) is 0 Å². The molecular weight excluding hydrogens is 164 g/mol. The second-order valence-corrected chi connectivity index (χ2v) is 2.20. The van der Waals surface area contributed by atoms with Crippen molar-refractivity contribution in [2.75, 3.05) is 5.73 Å². The maximum absolute atomic E-state index is 8.48. The summed E-state index contributed by atoms with van der Waals surface area (Å²) in [5.41, 5.74) is 5.53. The molecule has 0 saturated heterocycles. The standard InChI is InChI=1S/C6H3ClN4/c7-5-3(1-8)4(2-9)6(10)11-5/h11H,10H2. The third-order valence-corrected chi connectivity index (χ3v) is 1.49. The molecule has 1 aromatic heterocycles. The van der Waals surface area contributed by atoms with E-state index >= 15 is 0 Å². The summed E-state index contributed by atoms with van der Waals surface area (Å²) in [6.07, 6.45) is 0. The first kappa shape index (κ1) is 7.46. The van der Waals surface area contributed by atoms with E-state index in [0.29, 0.717) is 0 Å². The maximum atomic E-state index is 8.48. The lowest BCUT2D eigenvalue weighted by molar-refractivity contribution is 1.40. The Balaban J connectivity index is 3.47. The summed E-state index contributed by atoms with van der Waals surface area (Å²) in [4.78, 5) is 2.48. The van der Waals surface area contributed by atoms with E-state index in [0.717, 1.165) is 0 Å². The molecule has 0 aliphatic carbocycles. The van der Waals surface area contributed by atoms with E-state index in [9.17, 15) is 0 Å². The van der Waals surface area contributed by atoms with Gasteiger partial charge in [0.15, 0.2) is 0 Å². The molecule has 0 fully saturated rings. The topological polar surface area (TPSA) is 89.4 Å². The summed E-state index contributed by atoms with van der Waals surface area (Å²) < 4.78 is 0. The number of nitrogens with two attached hydrogens (primary N) is 1. The maximum Gasteiger partial charge on any atom is 0.127 e. The molecule has 0 unspecified atom stereocenters. The number of nitrogen functional groups attached to an aromatic ring is 1. The lowest BCUT2D eigenvalue weighted by Crippen LogP contribution is -1.87. The van der Waals surface area contributed by atoms with Crippen molar-refractivity contribution in [2.24, 2.45) is 0 Å². The average molecular weight is 167 g/mol. The van der Waals surface area contributed by atoms with E-state index in [-0.39, 0.29) is 22.1 Å². The van der Waals surface area contributed by atoms with E-state index in [1.54, 1.807) is 12.1 Å². The average Bonchev–Trinajstić information content (AvgIpc) is 2.24. The first-order chi connectivity index (χ1) is 5.20. The number of hydrogen-bond donors (Lipinski definition) is 2. The molecule has 11 heavy (non-hydrogen) atoms. The van der Waals surface area contributed by atoms with Crippen molar-refractivity contribution in [1.29, 1.82) is 10.5 Å². The van der Waals surface area contributed by atoms with E-state index in [1.165, 1.54) is 0 Å². The molecule has 0 aromatic carbocycles. The highest BCUT2D eigenvalue weighted by Crippen LogP contribution is 2.22. The van der Waals surface area contributed by atoms with Crippen LogP contribution in [-0.2, 0) is 0 Å². The van der Waals surface area contributed by atoms with Crippen LogP contribution >= 0.6 is 11.6 Å². The summed E-state index contributed by atoms with van der Waals surface area (Å²) >= 11 is 5.52. The Morgan fingerprint density at radius 3 is 2.18 bits per heavy atom. The molecule has 4 nitrogen and oxygen atoms in total. The van der Waals surface area contributed by atoms with Gasteiger partial charge in [-0.3, -0.25) is 0 Å². The minimum Gasteiger partial charge on any atom is -0.384 e. The Hall–Kier alpha value is -1.65. The van der Waals surface area contributed by atoms with Crippen LogP contribution in [0, 0.1) is 22.7 Å². The number of nitriles is 2. The number of hydrogen-bond acceptors (Lipinski definition) is 3. The highest BCUT2D eigenvalue weighted by molar-refractivity contribution is 6.31. The summed E-state index contributed by atoms with van der Waals surface area (Å²) in [5, 5.41) is 17.1. The van der Waals surface area contributed by atoms with E-state index in [1.807, 2.05) is 0 Å². The van der Waals surface area contributed by atoms with Crippen molar-refractivity contribution in [1.82, 2.24) is 4.98 Å². The highest BCUT2D eigenvalue weighted by atomic mass is 35.5. The second kappa shape index (κ2) is 2.53. The first-order valence-electron chi connectivity index (χ1n) is 2.67. The highest BCUT2D eigenvalue weighted by Gasteiger charge is 2.12. The minimum absolute atomic E-state index is 0.103. The molecule has 0 bridgehead atoms. The van der Waals surface area contributed by atoms with Crippen LogP contribution in [0.4, 0.5) is 5.82 Å². The summed E-state index contributed by atoms with van der Waals surface area (Å²) in [6.45, 7) is 0. The minimum atomic E-state index is 0.103. The van der Waals surface area contributed by atoms with Gasteiger partial charge in [0.1, 0.15) is 34.2 Å². The number of nitrogens with one attached hydrogen (secondary N) is 1. The number of rotatable bonds is 0. The van der Waals surface area contributed by atoms with Gasteiger partial charge in [-0.25, -0.2) is 0 Å². The smallest absolute Gasteiger partial charge is 0.127 e. The van der Waals surface area contributed by atoms with Gasteiger partial charge in [-0.2, -0.15) is 10.5 Å². The van der Waals surface area contributed by atoms with Gasteiger partial charge >= 0.3 is 0 Å². The third-order valence-electron chi connectivity index (χ3n) is 1.21. The van der Waals surface area contributed by atoms with E-state index in [4.69, 9.17) is 27.9 Å². The van der Waals surface area contributed by atoms with Crippen molar-refractivity contribution < 1.29 is 0 Å². The van der Waals surface area contributed by atoms with Crippen LogP contribution in [0.1, 0.15) is 11.1 Å². The molecule has 0 aliphatic heterocycles. The fraction of sp³-hybridized carbons (Fsp3) is 0. The van der Waals surface area contributed by atoms with Crippen molar-refractivity contribution >= 4 is 17.4 Å². The fourth-order valence-electron chi connectivity index (χ4n) is 0.709. The van der Waals surface area contributed by atoms with Gasteiger partial charge in [0, 0.05) is 0 Å². The summed E-state index contributed by atoms with van der Waals surface area (Å²) in [7, 11) is 0. The zero-order valence-electron chi connectivity index (χ0n) is 5.35. The van der Waals surface area contributed by atoms with Crippen molar-refractivity contribution in [3.05, 3.63) is 16.3 Å². The van der Waals surface area contributed by atoms with Crippen molar-refractivity contribution in [3.8, 4) is 12.1 Å². The van der Waals surface area contributed by atoms with Crippen LogP contribution in [0.2, 0.25) is 5.15 Å². The van der Waals surface area contributed by atoms with Crippen LogP contribution in [0.15, 0.2) is 0 Å². The van der Waals surface area contributed by atoms with Gasteiger partial charge < -0.3 is 10.7 Å². The molecule has 0 aliphatic rings. The third kappa shape index (κ3) is 1.000. The fourth-order valence-corrected chi connectivity index (χ4v) is 0.947. The summed E-state index contributed by atoms with van der Waals surface area (Å²) in [5.74, 6) is 0.133. The Kier molecular flexibility index (Phi) is 1.72. The predicted molar refractivity (Wildman–Crippen MR) is 39.6 cm³/mol. The van der Waals surface area contributed by atoms with Crippen molar-refractivity contribution in [2.45, 2.75) is 0 Å². The molecule has 0 atom stereocenters. The predicted octanol–water partition coefficient (Wildman–Crippen LogP) is 0.994. The number of anilines is 1. The molecule has 1 rings (SSSR count). The lowest BCUT2D eigenvalue weighted by atomic mass is 10.2. The molecule has 0 amide bonds. The van der Waals surface area contributed by atoms with Crippen LogP contribution in [-0.4, -0.2) is 4.98 Å². The van der Waals surface area contributed by atoms with Crippen LogP contribution in [0.3, 0.4) is 0 Å². The molecule has 1 aromatic rings. The number of nitrogens with zero attached hydrogens (tertiary/aromatic N) is 2. The Bertz CT molecular complexity index is 331. The number of halogens is 1. The zero-order chi connectivity index (χ0) is 8.43. The van der Waals surface area contributed by atoms with E-state index < -0.39 is 0 Å². The molecule has 1 heterocycles. The summed E-state index contributed by atoms with van der Waals surface area (Å²) in [6, 6.07) is 3.54. The molecular formula is C6H3ClN4. The zero-order valence-corrected chi connectivity index (χ0v) is 6.11. The number of H-pyrrole nitrogens is 1. The second-order valence-electron chi connectivity index (χ2n) is 1.83. The lowest BCUT2D eigenvalue weighted by Gasteiger charge is -1.82. The van der Waals surface area contributed by atoms with Crippen LogP contribution in [0.25, 0.3) is 0 Å². The molecule has 0 spiro atoms. The molecule has 3 N–H and O–H groups in total. The molecule has 54 valence electrons. The van der Waals surface area contributed by atoms with Gasteiger partial charge in [0.25, 0.3) is 0 Å². The largest absolute Gasteiger partial charge is 0.384 e. The van der Waals surface area contributed by atoms with Gasteiger partial charge in [-0.05, 0) is 0 Å². The number of aromatic amines is 1. The van der Waals surface area contributed by atoms with E-state index in [2.05, 4.69) is 4.98 Å². The molecule has 0 saturated carbocycles. The monoisotopic (exact) mass is 166 g/mol. The number of aromatic nitrogens is 1. The van der Waals surface area contributed by atoms with Gasteiger partial charge in [-0.1, -0.05) is 11.6 Å². The van der Waals surface area contributed by atoms with Crippen molar-refractivity contribution in [3.63, 3.8) is 0 Å².